The predicted molar refractivity (Wildman–Crippen MR) is 179 cm³/mol. The number of aliphatic hydroxyl groups excluding tert-OH is 1. The highest BCUT2D eigenvalue weighted by molar-refractivity contribution is 6.29. The number of aliphatic hydroxyl groups is 1. The minimum atomic E-state index is -0.973. The molecule has 0 spiro atoms. The Morgan fingerprint density at radius 3 is 2.23 bits per heavy atom. The molecule has 12 heteroatoms. The van der Waals surface area contributed by atoms with Crippen LogP contribution in [0.3, 0.4) is 0 Å². The van der Waals surface area contributed by atoms with Crippen LogP contribution in [0.5, 0.6) is 0 Å². The zero-order chi connectivity index (χ0) is 33.0. The maximum atomic E-state index is 13.3. The van der Waals surface area contributed by atoms with Crippen LogP contribution in [0.1, 0.15) is 45.7 Å². The Bertz CT molecular complexity index is 2020. The molecule has 3 aromatic heterocycles. The van der Waals surface area contributed by atoms with Gasteiger partial charge in [0.1, 0.15) is 28.5 Å². The molecule has 2 aliphatic carbocycles. The van der Waals surface area contributed by atoms with Crippen molar-refractivity contribution >= 4 is 40.6 Å². The standard InChI is InChI=1S/C36H31ClN6O5/c37-30-18-32(43-31(41-30)17-26(42-43)29-20-38-19-28(39-29)22-10-4-1-5-11-22)40-27-16-25(21-44)33(47-35(45)23-12-6-2-7-13-23)34(27)48-36(46)24-14-8-3-9-15-24/h2-4,6-15,17-20,25,27,33-34,40,44H,1,5,16,21H2. The number of anilines is 1. The van der Waals surface area contributed by atoms with E-state index in [9.17, 15) is 14.7 Å². The molecule has 4 atom stereocenters. The number of hydrogen-bond acceptors (Lipinski definition) is 10. The lowest BCUT2D eigenvalue weighted by Gasteiger charge is -2.27. The minimum absolute atomic E-state index is 0.204. The summed E-state index contributed by atoms with van der Waals surface area (Å²) < 4.78 is 13.6. The van der Waals surface area contributed by atoms with E-state index >= 15 is 0 Å². The van der Waals surface area contributed by atoms with Gasteiger partial charge in [0.15, 0.2) is 11.8 Å². The van der Waals surface area contributed by atoms with Gasteiger partial charge in [-0.05, 0) is 49.1 Å². The Balaban J connectivity index is 1.21. The lowest BCUT2D eigenvalue weighted by Crippen LogP contribution is -2.42. The summed E-state index contributed by atoms with van der Waals surface area (Å²) in [6.45, 7) is -0.302. The summed E-state index contributed by atoms with van der Waals surface area (Å²) in [6, 6.07) is 19.9. The van der Waals surface area contributed by atoms with Crippen molar-refractivity contribution in [3.8, 4) is 11.4 Å². The lowest BCUT2D eigenvalue weighted by atomic mass is 10.0. The van der Waals surface area contributed by atoms with Gasteiger partial charge in [0.25, 0.3) is 0 Å². The number of nitrogens with zero attached hydrogens (tertiary/aromatic N) is 5. The first kappa shape index (κ1) is 31.2. The van der Waals surface area contributed by atoms with Gasteiger partial charge in [-0.3, -0.25) is 4.98 Å². The van der Waals surface area contributed by atoms with Gasteiger partial charge in [0, 0.05) is 24.7 Å². The number of halogens is 1. The van der Waals surface area contributed by atoms with E-state index in [2.05, 4.69) is 27.4 Å². The summed E-state index contributed by atoms with van der Waals surface area (Å²) in [7, 11) is 0. The normalized spacial score (nSPS) is 20.3. The molecule has 0 amide bonds. The molecule has 2 aromatic carbocycles. The molecule has 0 radical (unpaired) electrons. The number of fused-ring (bicyclic) bond motifs is 1. The summed E-state index contributed by atoms with van der Waals surface area (Å²) in [5.41, 5.74) is 3.96. The first-order chi connectivity index (χ1) is 23.5. The van der Waals surface area contributed by atoms with Crippen molar-refractivity contribution < 1.29 is 24.2 Å². The average Bonchev–Trinajstić information content (AvgIpc) is 3.70. The third kappa shape index (κ3) is 6.55. The molecule has 2 aliphatic rings. The SMILES string of the molecule is O=C(OC1C(CO)CC(Nc2cc(Cl)nc3cc(-c4cncc(C5=CCCC=C5)n4)nn23)C1OC(=O)c1ccccc1)c1ccccc1. The fraction of sp³-hybridized carbons (Fsp3) is 0.222. The second-order valence-electron chi connectivity index (χ2n) is 11.6. The summed E-state index contributed by atoms with van der Waals surface area (Å²) in [5.74, 6) is -1.26. The molecule has 7 rings (SSSR count). The second-order valence-corrected chi connectivity index (χ2v) is 12.0. The van der Waals surface area contributed by atoms with Crippen molar-refractivity contribution in [2.24, 2.45) is 5.92 Å². The molecular weight excluding hydrogens is 632 g/mol. The fourth-order valence-electron chi connectivity index (χ4n) is 6.05. The molecule has 11 nitrogen and oxygen atoms in total. The third-order valence-electron chi connectivity index (χ3n) is 8.40. The van der Waals surface area contributed by atoms with Crippen LogP contribution in [0.2, 0.25) is 5.15 Å². The number of allylic oxidation sites excluding steroid dienone is 4. The van der Waals surface area contributed by atoms with Crippen molar-refractivity contribution in [1.82, 2.24) is 24.6 Å². The van der Waals surface area contributed by atoms with E-state index < -0.39 is 36.1 Å². The van der Waals surface area contributed by atoms with Crippen molar-refractivity contribution in [3.05, 3.63) is 125 Å². The summed E-state index contributed by atoms with van der Waals surface area (Å²) in [5, 5.41) is 18.8. The van der Waals surface area contributed by atoms with Crippen LogP contribution in [-0.2, 0) is 9.47 Å². The number of rotatable bonds is 9. The monoisotopic (exact) mass is 662 g/mol. The molecule has 5 aromatic rings. The number of nitrogens with one attached hydrogen (secondary N) is 1. The van der Waals surface area contributed by atoms with Crippen LogP contribution in [0.15, 0.2) is 103 Å². The van der Waals surface area contributed by atoms with Crippen molar-refractivity contribution in [2.45, 2.75) is 37.5 Å². The predicted octanol–water partition coefficient (Wildman–Crippen LogP) is 5.82. The highest BCUT2D eigenvalue weighted by Crippen LogP contribution is 2.35. The van der Waals surface area contributed by atoms with Crippen molar-refractivity contribution in [1.29, 1.82) is 0 Å². The molecule has 2 N–H and O–H groups in total. The number of benzene rings is 2. The molecule has 0 aliphatic heterocycles. The van der Waals surface area contributed by atoms with Gasteiger partial charge in [0.2, 0.25) is 0 Å². The van der Waals surface area contributed by atoms with E-state index in [1.807, 2.05) is 6.08 Å². The molecule has 4 unspecified atom stereocenters. The van der Waals surface area contributed by atoms with Crippen LogP contribution in [-0.4, -0.2) is 66.5 Å². The number of esters is 2. The van der Waals surface area contributed by atoms with E-state index in [0.717, 1.165) is 24.1 Å². The van der Waals surface area contributed by atoms with Crippen molar-refractivity contribution in [2.75, 3.05) is 11.9 Å². The first-order valence-electron chi connectivity index (χ1n) is 15.6. The Hall–Kier alpha value is -5.39. The van der Waals surface area contributed by atoms with Gasteiger partial charge in [-0.2, -0.15) is 9.61 Å². The van der Waals surface area contributed by atoms with Crippen LogP contribution >= 0.6 is 11.6 Å². The first-order valence-corrected chi connectivity index (χ1v) is 16.0. The molecule has 242 valence electrons. The molecular formula is C36H31ClN6O5. The summed E-state index contributed by atoms with van der Waals surface area (Å²) >= 11 is 6.48. The van der Waals surface area contributed by atoms with Crippen LogP contribution in [0.25, 0.3) is 22.6 Å². The number of carbonyl (C=O) groups is 2. The minimum Gasteiger partial charge on any atom is -0.454 e. The van der Waals surface area contributed by atoms with Gasteiger partial charge >= 0.3 is 11.9 Å². The molecule has 1 saturated carbocycles. The second kappa shape index (κ2) is 13.8. The van der Waals surface area contributed by atoms with Gasteiger partial charge in [0.05, 0.1) is 35.3 Å². The maximum Gasteiger partial charge on any atom is 0.338 e. The maximum absolute atomic E-state index is 13.3. The highest BCUT2D eigenvalue weighted by Gasteiger charge is 2.48. The van der Waals surface area contributed by atoms with E-state index in [0.29, 0.717) is 40.4 Å². The fourth-order valence-corrected chi connectivity index (χ4v) is 6.24. The van der Waals surface area contributed by atoms with Crippen molar-refractivity contribution in [3.63, 3.8) is 0 Å². The summed E-state index contributed by atoms with van der Waals surface area (Å²) in [6.07, 6.45) is 9.96. The largest absolute Gasteiger partial charge is 0.454 e. The molecule has 48 heavy (non-hydrogen) atoms. The number of aromatic nitrogens is 5. The van der Waals surface area contributed by atoms with E-state index in [-0.39, 0.29) is 11.8 Å². The number of ether oxygens (including phenoxy) is 2. The topological polar surface area (TPSA) is 141 Å². The Morgan fingerprint density at radius 1 is 0.875 bits per heavy atom. The average molecular weight is 663 g/mol. The Kier molecular flexibility index (Phi) is 8.95. The van der Waals surface area contributed by atoms with Crippen LogP contribution in [0, 0.1) is 5.92 Å². The molecule has 3 heterocycles. The molecule has 1 fully saturated rings. The quantitative estimate of drug-likeness (QED) is 0.147. The van der Waals surface area contributed by atoms with Gasteiger partial charge in [-0.25, -0.2) is 19.6 Å². The third-order valence-corrected chi connectivity index (χ3v) is 8.59. The van der Waals surface area contributed by atoms with Crippen LogP contribution < -0.4 is 5.32 Å². The molecule has 0 saturated heterocycles. The highest BCUT2D eigenvalue weighted by atomic mass is 35.5. The van der Waals surface area contributed by atoms with Gasteiger partial charge < -0.3 is 19.9 Å². The zero-order valence-corrected chi connectivity index (χ0v) is 26.4. The smallest absolute Gasteiger partial charge is 0.338 e. The number of hydrogen-bond donors (Lipinski definition) is 2. The summed E-state index contributed by atoms with van der Waals surface area (Å²) in [4.78, 5) is 40.2. The van der Waals surface area contributed by atoms with Crippen LogP contribution in [0.4, 0.5) is 5.82 Å². The van der Waals surface area contributed by atoms with E-state index in [4.69, 9.17) is 31.2 Å². The Morgan fingerprint density at radius 2 is 1.56 bits per heavy atom. The van der Waals surface area contributed by atoms with Gasteiger partial charge in [-0.1, -0.05) is 66.2 Å². The Labute approximate surface area is 280 Å². The molecule has 0 bridgehead atoms. The number of carbonyl (C=O) groups excluding carboxylic acids is 2. The lowest BCUT2D eigenvalue weighted by molar-refractivity contribution is -0.0424. The van der Waals surface area contributed by atoms with Gasteiger partial charge in [-0.15, -0.1) is 0 Å². The zero-order valence-electron chi connectivity index (χ0n) is 25.6. The van der Waals surface area contributed by atoms with E-state index in [1.165, 1.54) is 0 Å². The van der Waals surface area contributed by atoms with E-state index in [1.54, 1.807) is 89.7 Å².